The molecule has 0 bridgehead atoms. The smallest absolute Gasteiger partial charge is 0.233 e. The maximum absolute atomic E-state index is 12.8. The molecule has 0 aliphatic rings. The summed E-state index contributed by atoms with van der Waals surface area (Å²) in [6.07, 6.45) is 7.31. The Labute approximate surface area is 179 Å². The summed E-state index contributed by atoms with van der Waals surface area (Å²) in [7, 11) is -3.68. The van der Waals surface area contributed by atoms with Gasteiger partial charge in [0.25, 0.3) is 0 Å². The molecule has 0 aliphatic carbocycles. The Kier molecular flexibility index (Phi) is 5.48. The molecule has 31 heavy (non-hydrogen) atoms. The van der Waals surface area contributed by atoms with Crippen LogP contribution >= 0.6 is 0 Å². The minimum atomic E-state index is -3.68. The Morgan fingerprint density at radius 3 is 2.19 bits per heavy atom. The molecule has 0 saturated heterocycles. The van der Waals surface area contributed by atoms with Gasteiger partial charge in [-0.15, -0.1) is 0 Å². The van der Waals surface area contributed by atoms with Gasteiger partial charge < -0.3 is 0 Å². The third-order valence-electron chi connectivity index (χ3n) is 5.01. The van der Waals surface area contributed by atoms with Crippen LogP contribution in [0.4, 0.5) is 0 Å². The number of imidazole rings is 1. The SMILES string of the molecule is CC(=O)c1ccc(S(=O)(=O)c2ccc(CCC(=O)c3cnc4nccn4c3)cc2)cc1. The average Bonchev–Trinajstić information content (AvgIpc) is 3.25. The number of fused-ring (bicyclic) bond motifs is 1. The van der Waals surface area contributed by atoms with Gasteiger partial charge >= 0.3 is 0 Å². The lowest BCUT2D eigenvalue weighted by Crippen LogP contribution is -2.05. The first kappa shape index (κ1) is 20.6. The first-order valence-electron chi connectivity index (χ1n) is 9.61. The number of aromatic nitrogens is 3. The van der Waals surface area contributed by atoms with E-state index in [-0.39, 0.29) is 27.8 Å². The lowest BCUT2D eigenvalue weighted by atomic mass is 10.0. The molecule has 4 aromatic rings. The van der Waals surface area contributed by atoms with Crippen LogP contribution in [0.25, 0.3) is 5.78 Å². The molecule has 0 saturated carbocycles. The molecule has 156 valence electrons. The molecule has 0 atom stereocenters. The molecule has 8 heteroatoms. The van der Waals surface area contributed by atoms with E-state index in [1.54, 1.807) is 35.1 Å². The molecule has 0 amide bonds. The Hall–Kier alpha value is -3.65. The van der Waals surface area contributed by atoms with Crippen molar-refractivity contribution in [3.63, 3.8) is 0 Å². The van der Waals surface area contributed by atoms with E-state index >= 15 is 0 Å². The van der Waals surface area contributed by atoms with Gasteiger partial charge in [-0.3, -0.25) is 14.0 Å². The second kappa shape index (κ2) is 8.23. The fraction of sp³-hybridized carbons (Fsp3) is 0.130. The molecule has 2 heterocycles. The summed E-state index contributed by atoms with van der Waals surface area (Å²) in [5.41, 5.74) is 1.82. The van der Waals surface area contributed by atoms with Crippen molar-refractivity contribution in [2.24, 2.45) is 0 Å². The van der Waals surface area contributed by atoms with Crippen molar-refractivity contribution < 1.29 is 18.0 Å². The van der Waals surface area contributed by atoms with Gasteiger partial charge in [0, 0.05) is 36.8 Å². The highest BCUT2D eigenvalue weighted by Crippen LogP contribution is 2.22. The van der Waals surface area contributed by atoms with Crippen molar-refractivity contribution in [1.29, 1.82) is 0 Å². The monoisotopic (exact) mass is 433 g/mol. The van der Waals surface area contributed by atoms with E-state index in [1.165, 1.54) is 49.5 Å². The van der Waals surface area contributed by atoms with Crippen LogP contribution < -0.4 is 0 Å². The molecule has 0 fully saturated rings. The average molecular weight is 433 g/mol. The van der Waals surface area contributed by atoms with Gasteiger partial charge in [0.1, 0.15) is 0 Å². The molecule has 2 aromatic heterocycles. The summed E-state index contributed by atoms with van der Waals surface area (Å²) >= 11 is 0. The number of carbonyl (C=O) groups excluding carboxylic acids is 2. The Bertz CT molecular complexity index is 1370. The van der Waals surface area contributed by atoms with Crippen molar-refractivity contribution in [1.82, 2.24) is 14.4 Å². The Morgan fingerprint density at radius 1 is 0.903 bits per heavy atom. The van der Waals surface area contributed by atoms with E-state index in [4.69, 9.17) is 0 Å². The second-order valence-corrected chi connectivity index (χ2v) is 9.08. The predicted molar refractivity (Wildman–Crippen MR) is 114 cm³/mol. The Morgan fingerprint density at radius 2 is 1.55 bits per heavy atom. The number of aryl methyl sites for hydroxylation is 1. The van der Waals surface area contributed by atoms with Gasteiger partial charge in [-0.05, 0) is 43.2 Å². The molecule has 0 aliphatic heterocycles. The minimum absolute atomic E-state index is 0.0506. The lowest BCUT2D eigenvalue weighted by Gasteiger charge is -2.07. The molecular weight excluding hydrogens is 414 g/mol. The van der Waals surface area contributed by atoms with Gasteiger partial charge in [-0.1, -0.05) is 24.3 Å². The third-order valence-corrected chi connectivity index (χ3v) is 6.80. The predicted octanol–water partition coefficient (Wildman–Crippen LogP) is 3.58. The number of hydrogen-bond acceptors (Lipinski definition) is 6. The van der Waals surface area contributed by atoms with E-state index in [1.807, 2.05) is 0 Å². The van der Waals surface area contributed by atoms with Gasteiger partial charge in [0.05, 0.1) is 15.4 Å². The zero-order valence-electron chi connectivity index (χ0n) is 16.7. The topological polar surface area (TPSA) is 98.5 Å². The normalized spacial score (nSPS) is 11.5. The van der Waals surface area contributed by atoms with E-state index in [0.29, 0.717) is 23.3 Å². The van der Waals surface area contributed by atoms with Gasteiger partial charge in [-0.25, -0.2) is 18.4 Å². The van der Waals surface area contributed by atoms with Crippen LogP contribution in [0.1, 0.15) is 39.6 Å². The number of rotatable bonds is 7. The summed E-state index contributed by atoms with van der Waals surface area (Å²) in [6.45, 7) is 1.43. The highest BCUT2D eigenvalue weighted by atomic mass is 32.2. The Balaban J connectivity index is 1.44. The van der Waals surface area contributed by atoms with Gasteiger partial charge in [0.15, 0.2) is 11.6 Å². The first-order valence-corrected chi connectivity index (χ1v) is 11.1. The summed E-state index contributed by atoms with van der Waals surface area (Å²) in [5.74, 6) is 0.359. The standard InChI is InChI=1S/C23H19N3O4S/c1-16(27)18-5-9-21(10-6-18)31(29,30)20-7-2-17(3-8-20)4-11-22(28)19-14-25-23-24-12-13-26(23)15-19/h2-3,5-10,12-15H,4,11H2,1H3. The molecule has 0 radical (unpaired) electrons. The van der Waals surface area contributed by atoms with Crippen molar-refractivity contribution in [2.75, 3.05) is 0 Å². The molecule has 0 unspecified atom stereocenters. The highest BCUT2D eigenvalue weighted by molar-refractivity contribution is 7.91. The zero-order chi connectivity index (χ0) is 22.0. The van der Waals surface area contributed by atoms with Crippen LogP contribution in [0.5, 0.6) is 0 Å². The van der Waals surface area contributed by atoms with E-state index < -0.39 is 9.84 Å². The van der Waals surface area contributed by atoms with E-state index in [2.05, 4.69) is 9.97 Å². The number of ketones is 2. The number of nitrogens with zero attached hydrogens (tertiary/aromatic N) is 3. The molecular formula is C23H19N3O4S. The van der Waals surface area contributed by atoms with Gasteiger partial charge in [-0.2, -0.15) is 0 Å². The number of carbonyl (C=O) groups is 2. The van der Waals surface area contributed by atoms with Crippen molar-refractivity contribution in [3.8, 4) is 0 Å². The summed E-state index contributed by atoms with van der Waals surface area (Å²) in [6, 6.07) is 12.4. The molecule has 2 aromatic carbocycles. The first-order chi connectivity index (χ1) is 14.8. The van der Waals surface area contributed by atoms with E-state index in [9.17, 15) is 18.0 Å². The van der Waals surface area contributed by atoms with Gasteiger partial charge in [0.2, 0.25) is 15.6 Å². The van der Waals surface area contributed by atoms with Crippen LogP contribution in [-0.4, -0.2) is 34.4 Å². The number of benzene rings is 2. The van der Waals surface area contributed by atoms with Crippen molar-refractivity contribution in [2.45, 2.75) is 29.6 Å². The summed E-state index contributed by atoms with van der Waals surface area (Å²) < 4.78 is 27.3. The molecule has 4 rings (SSSR count). The maximum atomic E-state index is 12.8. The van der Waals surface area contributed by atoms with Crippen molar-refractivity contribution >= 4 is 27.2 Å². The fourth-order valence-corrected chi connectivity index (χ4v) is 4.46. The fourth-order valence-electron chi connectivity index (χ4n) is 3.20. The number of Topliss-reactive ketones (excluding diaryl/α,β-unsaturated/α-hetero) is 2. The van der Waals surface area contributed by atoms with Crippen LogP contribution in [0.3, 0.4) is 0 Å². The van der Waals surface area contributed by atoms with Crippen LogP contribution in [0.2, 0.25) is 0 Å². The molecule has 7 nitrogen and oxygen atoms in total. The van der Waals surface area contributed by atoms with Crippen LogP contribution in [-0.2, 0) is 16.3 Å². The number of sulfone groups is 1. The summed E-state index contributed by atoms with van der Waals surface area (Å²) in [5, 5.41) is 0. The van der Waals surface area contributed by atoms with Crippen LogP contribution in [0, 0.1) is 0 Å². The quantitative estimate of drug-likeness (QED) is 0.413. The molecule has 0 spiro atoms. The van der Waals surface area contributed by atoms with E-state index in [0.717, 1.165) is 5.56 Å². The second-order valence-electron chi connectivity index (χ2n) is 7.13. The summed E-state index contributed by atoms with van der Waals surface area (Å²) in [4.78, 5) is 32.3. The largest absolute Gasteiger partial charge is 0.295 e. The zero-order valence-corrected chi connectivity index (χ0v) is 17.5. The molecule has 0 N–H and O–H groups in total. The van der Waals surface area contributed by atoms with Crippen molar-refractivity contribution in [3.05, 3.63) is 90.0 Å². The minimum Gasteiger partial charge on any atom is -0.295 e. The third kappa shape index (κ3) is 4.29. The maximum Gasteiger partial charge on any atom is 0.233 e. The lowest BCUT2D eigenvalue weighted by molar-refractivity contribution is 0.0980. The highest BCUT2D eigenvalue weighted by Gasteiger charge is 2.18. The van der Waals surface area contributed by atoms with Crippen LogP contribution in [0.15, 0.2) is 83.1 Å². The number of hydrogen-bond donors (Lipinski definition) is 0.